The molecule has 4 aliphatic rings. The molecule has 146 valence electrons. The molecule has 27 heavy (non-hydrogen) atoms. The van der Waals surface area contributed by atoms with Gasteiger partial charge >= 0.3 is 0 Å². The number of hydrazine groups is 1. The van der Waals surface area contributed by atoms with Crippen LogP contribution in [0, 0.1) is 17.3 Å². The van der Waals surface area contributed by atoms with Gasteiger partial charge in [0.15, 0.2) is 0 Å². The van der Waals surface area contributed by atoms with Gasteiger partial charge in [-0.2, -0.15) is 0 Å². The number of carbonyl (C=O) groups excluding carboxylic acids is 2. The molecule has 0 heterocycles. The first-order valence-corrected chi connectivity index (χ1v) is 9.83. The minimum atomic E-state index is -0.595. The first-order chi connectivity index (χ1) is 12.8. The van der Waals surface area contributed by atoms with E-state index in [1.54, 1.807) is 12.1 Å². The van der Waals surface area contributed by atoms with Crippen LogP contribution >= 0.6 is 11.6 Å². The number of nitrogens with one attached hydrogen (secondary N) is 2. The second-order valence-corrected chi connectivity index (χ2v) is 9.15. The zero-order valence-corrected chi connectivity index (χ0v) is 16.1. The highest BCUT2D eigenvalue weighted by molar-refractivity contribution is 6.31. The van der Waals surface area contributed by atoms with Crippen molar-refractivity contribution in [2.24, 2.45) is 17.3 Å². The lowest BCUT2D eigenvalue weighted by Crippen LogP contribution is -2.57. The highest BCUT2D eigenvalue weighted by atomic mass is 35.5. The monoisotopic (exact) mass is 392 g/mol. The van der Waals surface area contributed by atoms with Gasteiger partial charge in [-0.05, 0) is 74.0 Å². The number of aliphatic hydroxyl groups is 1. The average molecular weight is 393 g/mol. The van der Waals surface area contributed by atoms with Crippen molar-refractivity contribution in [2.45, 2.75) is 50.5 Å². The first-order valence-electron chi connectivity index (χ1n) is 9.45. The lowest BCUT2D eigenvalue weighted by atomic mass is 9.47. The predicted molar refractivity (Wildman–Crippen MR) is 100 cm³/mol. The zero-order chi connectivity index (χ0) is 19.2. The van der Waals surface area contributed by atoms with E-state index in [2.05, 4.69) is 10.9 Å². The Morgan fingerprint density at radius 1 is 1.22 bits per heavy atom. The normalized spacial score (nSPS) is 33.6. The summed E-state index contributed by atoms with van der Waals surface area (Å²) >= 11 is 5.95. The van der Waals surface area contributed by atoms with E-state index in [0.29, 0.717) is 35.4 Å². The van der Waals surface area contributed by atoms with Crippen molar-refractivity contribution in [3.63, 3.8) is 0 Å². The summed E-state index contributed by atoms with van der Waals surface area (Å²) in [4.78, 5) is 24.9. The molecule has 0 radical (unpaired) electrons. The van der Waals surface area contributed by atoms with Crippen molar-refractivity contribution in [2.75, 3.05) is 7.11 Å². The number of rotatable bonds is 4. The summed E-state index contributed by atoms with van der Waals surface area (Å²) in [5.74, 6) is 0.722. The van der Waals surface area contributed by atoms with Crippen LogP contribution < -0.4 is 15.6 Å². The molecule has 5 rings (SSSR count). The van der Waals surface area contributed by atoms with Crippen molar-refractivity contribution in [3.05, 3.63) is 28.8 Å². The minimum Gasteiger partial charge on any atom is -0.496 e. The predicted octanol–water partition coefficient (Wildman–Crippen LogP) is 2.83. The van der Waals surface area contributed by atoms with Crippen molar-refractivity contribution in [3.8, 4) is 5.75 Å². The summed E-state index contributed by atoms with van der Waals surface area (Å²) in [6, 6.07) is 4.74. The molecular formula is C20H25ClN2O4. The van der Waals surface area contributed by atoms with E-state index in [1.165, 1.54) is 19.6 Å². The third-order valence-electron chi connectivity index (χ3n) is 6.41. The fourth-order valence-corrected chi connectivity index (χ4v) is 6.22. The van der Waals surface area contributed by atoms with Gasteiger partial charge in [0.1, 0.15) is 5.75 Å². The number of benzene rings is 1. The van der Waals surface area contributed by atoms with Gasteiger partial charge in [0.2, 0.25) is 5.91 Å². The Bertz CT molecular complexity index is 767. The van der Waals surface area contributed by atoms with Crippen molar-refractivity contribution >= 4 is 23.4 Å². The molecule has 4 atom stereocenters. The summed E-state index contributed by atoms with van der Waals surface area (Å²) < 4.78 is 5.17. The third kappa shape index (κ3) is 3.65. The van der Waals surface area contributed by atoms with Gasteiger partial charge < -0.3 is 9.84 Å². The number of hydrogen-bond acceptors (Lipinski definition) is 4. The summed E-state index contributed by atoms with van der Waals surface area (Å²) in [5, 5.41) is 11.2. The molecule has 4 bridgehead atoms. The van der Waals surface area contributed by atoms with Crippen molar-refractivity contribution in [1.82, 2.24) is 10.9 Å². The van der Waals surface area contributed by atoms with Gasteiger partial charge in [-0.25, -0.2) is 0 Å². The minimum absolute atomic E-state index is 0.138. The molecule has 0 spiro atoms. The molecular weight excluding hydrogens is 368 g/mol. The molecule has 1 aromatic rings. The molecule has 0 aromatic heterocycles. The van der Waals surface area contributed by atoms with Crippen LogP contribution in [0.5, 0.6) is 5.75 Å². The summed E-state index contributed by atoms with van der Waals surface area (Å²) in [6.45, 7) is 0. The van der Waals surface area contributed by atoms with Crippen LogP contribution in [0.1, 0.15) is 55.3 Å². The van der Waals surface area contributed by atoms with Crippen LogP contribution in [0.3, 0.4) is 0 Å². The molecule has 0 aliphatic heterocycles. The highest BCUT2D eigenvalue weighted by Gasteiger charge is 2.57. The van der Waals surface area contributed by atoms with E-state index >= 15 is 0 Å². The molecule has 2 unspecified atom stereocenters. The second kappa shape index (κ2) is 6.67. The Labute approximate surface area is 163 Å². The van der Waals surface area contributed by atoms with Gasteiger partial charge in [-0.15, -0.1) is 0 Å². The van der Waals surface area contributed by atoms with Crippen molar-refractivity contribution < 1.29 is 19.4 Å². The SMILES string of the molecule is COc1ccc(Cl)cc1C(=O)NNC(=O)CC12C[C@@H]3C[C@@H](CC(O)(C3)C1)C2. The molecule has 6 nitrogen and oxygen atoms in total. The fourth-order valence-electron chi connectivity index (χ4n) is 6.04. The van der Waals surface area contributed by atoms with Crippen LogP contribution in [-0.2, 0) is 4.79 Å². The van der Waals surface area contributed by atoms with Crippen LogP contribution in [0.25, 0.3) is 0 Å². The molecule has 1 aromatic carbocycles. The molecule has 0 saturated heterocycles. The quantitative estimate of drug-likeness (QED) is 0.687. The van der Waals surface area contributed by atoms with Crippen LogP contribution in [-0.4, -0.2) is 29.6 Å². The van der Waals surface area contributed by atoms with Crippen LogP contribution in [0.15, 0.2) is 18.2 Å². The van der Waals surface area contributed by atoms with Gasteiger partial charge in [0, 0.05) is 11.4 Å². The van der Waals surface area contributed by atoms with E-state index in [-0.39, 0.29) is 16.9 Å². The zero-order valence-electron chi connectivity index (χ0n) is 15.4. The number of methoxy groups -OCH3 is 1. The first kappa shape index (κ1) is 18.6. The van der Waals surface area contributed by atoms with E-state index in [0.717, 1.165) is 25.7 Å². The maximum atomic E-state index is 12.5. The third-order valence-corrected chi connectivity index (χ3v) is 6.64. The maximum Gasteiger partial charge on any atom is 0.273 e. The van der Waals surface area contributed by atoms with E-state index in [4.69, 9.17) is 16.3 Å². The Balaban J connectivity index is 1.38. The number of halogens is 1. The highest BCUT2D eigenvalue weighted by Crippen LogP contribution is 2.62. The van der Waals surface area contributed by atoms with E-state index in [1.807, 2.05) is 0 Å². The molecule has 4 fully saturated rings. The molecule has 3 N–H and O–H groups in total. The van der Waals surface area contributed by atoms with Gasteiger partial charge in [-0.1, -0.05) is 11.6 Å². The second-order valence-electron chi connectivity index (χ2n) is 8.71. The number of carbonyl (C=O) groups is 2. The molecule has 4 saturated carbocycles. The van der Waals surface area contributed by atoms with Crippen LogP contribution in [0.4, 0.5) is 0 Å². The van der Waals surface area contributed by atoms with Gasteiger partial charge in [0.25, 0.3) is 5.91 Å². The Kier molecular flexibility index (Phi) is 4.59. The standard InChI is InChI=1S/C20H25ClN2O4/c1-27-16-3-2-14(21)5-15(16)18(25)23-22-17(24)10-19-6-12-4-13(7-19)9-20(26,8-12)11-19/h2-3,5,12-13,26H,4,6-11H2,1H3,(H,22,24)(H,23,25)/t12-,13+,19?,20?. The fraction of sp³-hybridized carbons (Fsp3) is 0.600. The topological polar surface area (TPSA) is 87.7 Å². The summed E-state index contributed by atoms with van der Waals surface area (Å²) in [6.07, 6.45) is 5.93. The molecule has 7 heteroatoms. The largest absolute Gasteiger partial charge is 0.496 e. The Morgan fingerprint density at radius 3 is 2.56 bits per heavy atom. The summed E-state index contributed by atoms with van der Waals surface area (Å²) in [5.41, 5.74) is 4.50. The lowest BCUT2D eigenvalue weighted by molar-refractivity contribution is -0.169. The van der Waals surface area contributed by atoms with Gasteiger partial charge in [0.05, 0.1) is 18.3 Å². The Morgan fingerprint density at radius 2 is 1.93 bits per heavy atom. The van der Waals surface area contributed by atoms with Gasteiger partial charge in [-0.3, -0.25) is 20.4 Å². The van der Waals surface area contributed by atoms with Crippen molar-refractivity contribution in [1.29, 1.82) is 0 Å². The van der Waals surface area contributed by atoms with E-state index < -0.39 is 11.5 Å². The van der Waals surface area contributed by atoms with Crippen LogP contribution in [0.2, 0.25) is 5.02 Å². The number of amides is 2. The Hall–Kier alpha value is -1.79. The summed E-state index contributed by atoms with van der Waals surface area (Å²) in [7, 11) is 1.47. The smallest absolute Gasteiger partial charge is 0.273 e. The molecule has 4 aliphatic carbocycles. The maximum absolute atomic E-state index is 12.5. The molecule has 2 amide bonds. The average Bonchev–Trinajstić information content (AvgIpc) is 2.57. The van der Waals surface area contributed by atoms with E-state index in [9.17, 15) is 14.7 Å². The lowest BCUT2D eigenvalue weighted by Gasteiger charge is -2.60. The number of hydrogen-bond donors (Lipinski definition) is 3. The number of ether oxygens (including phenoxy) is 1.